The van der Waals surface area contributed by atoms with E-state index in [1.807, 2.05) is 41.2 Å². The Kier molecular flexibility index (Phi) is 7.20. The van der Waals surface area contributed by atoms with Crippen LogP contribution in [0.5, 0.6) is 0 Å². The summed E-state index contributed by atoms with van der Waals surface area (Å²) in [6, 6.07) is 23.7. The van der Waals surface area contributed by atoms with Crippen molar-refractivity contribution in [2.24, 2.45) is 5.92 Å². The van der Waals surface area contributed by atoms with Crippen molar-refractivity contribution in [1.29, 1.82) is 0 Å². The summed E-state index contributed by atoms with van der Waals surface area (Å²) < 4.78 is 15.5. The van der Waals surface area contributed by atoms with Gasteiger partial charge in [0.05, 0.1) is 23.6 Å². The van der Waals surface area contributed by atoms with Crippen LogP contribution in [0, 0.1) is 11.7 Å². The monoisotopic (exact) mass is 554 g/mol. The van der Waals surface area contributed by atoms with Gasteiger partial charge in [-0.15, -0.1) is 0 Å². The van der Waals surface area contributed by atoms with E-state index in [9.17, 15) is 9.18 Å². The number of anilines is 1. The summed E-state index contributed by atoms with van der Waals surface area (Å²) in [5, 5.41) is 8.65. The van der Waals surface area contributed by atoms with Gasteiger partial charge in [0.25, 0.3) is 0 Å². The number of aromatic nitrogens is 2. The van der Waals surface area contributed by atoms with Gasteiger partial charge in [0.1, 0.15) is 5.82 Å². The molecule has 1 heterocycles. The first kappa shape index (κ1) is 26.3. The summed E-state index contributed by atoms with van der Waals surface area (Å²) in [6.45, 7) is 2.27. The van der Waals surface area contributed by atoms with Crippen LogP contribution >= 0.6 is 11.6 Å². The number of benzene rings is 3. The quantitative estimate of drug-likeness (QED) is 0.245. The first-order chi connectivity index (χ1) is 19.4. The van der Waals surface area contributed by atoms with Gasteiger partial charge in [-0.1, -0.05) is 60.0 Å². The van der Waals surface area contributed by atoms with Crippen LogP contribution in [0.3, 0.4) is 0 Å². The molecule has 1 unspecified atom stereocenters. The molecule has 0 aliphatic heterocycles. The molecule has 0 bridgehead atoms. The molecule has 3 aromatic carbocycles. The van der Waals surface area contributed by atoms with Crippen molar-refractivity contribution in [1.82, 2.24) is 15.1 Å². The standard InChI is InChI=1S/C33H32ClFN4O/c1-21-29-20-36-39(28-16-12-26(35)13-17-28)31(29)19-24-9-8-23(32(21)24)18-30(22-6-4-3-5-7-22)37-33(40)38(2)27-14-10-25(34)11-15-27/h3-7,10-17,20-21,23,30H,8-9,18-19H2,1-2H3,(H,37,40)/t21-,23+,30?/m0/s1. The van der Waals surface area contributed by atoms with Crippen molar-refractivity contribution < 1.29 is 9.18 Å². The van der Waals surface area contributed by atoms with Gasteiger partial charge in [-0.3, -0.25) is 4.90 Å². The lowest BCUT2D eigenvalue weighted by Crippen LogP contribution is -2.40. The lowest BCUT2D eigenvalue weighted by molar-refractivity contribution is 0.241. The maximum Gasteiger partial charge on any atom is 0.322 e. The summed E-state index contributed by atoms with van der Waals surface area (Å²) >= 11 is 6.05. The molecule has 2 amide bonds. The van der Waals surface area contributed by atoms with Gasteiger partial charge < -0.3 is 5.32 Å². The van der Waals surface area contributed by atoms with Crippen LogP contribution in [0.4, 0.5) is 14.9 Å². The number of hydrogen-bond donors (Lipinski definition) is 1. The molecular formula is C33H32ClFN4O. The highest BCUT2D eigenvalue weighted by molar-refractivity contribution is 6.30. The number of nitrogens with one attached hydrogen (secondary N) is 1. The number of carbonyl (C=O) groups is 1. The molecule has 1 aromatic heterocycles. The second-order valence-corrected chi connectivity index (χ2v) is 11.2. The zero-order valence-corrected chi connectivity index (χ0v) is 23.4. The lowest BCUT2D eigenvalue weighted by Gasteiger charge is -2.30. The van der Waals surface area contributed by atoms with E-state index in [0.29, 0.717) is 10.9 Å². The zero-order valence-electron chi connectivity index (χ0n) is 22.6. The van der Waals surface area contributed by atoms with E-state index in [1.54, 1.807) is 36.2 Å². The van der Waals surface area contributed by atoms with E-state index in [2.05, 4.69) is 24.4 Å². The highest BCUT2D eigenvalue weighted by Gasteiger charge is 2.37. The van der Waals surface area contributed by atoms with Gasteiger partial charge in [-0.25, -0.2) is 13.9 Å². The first-order valence-corrected chi connectivity index (χ1v) is 14.2. The van der Waals surface area contributed by atoms with Gasteiger partial charge in [0.15, 0.2) is 0 Å². The van der Waals surface area contributed by atoms with Gasteiger partial charge in [0, 0.05) is 35.7 Å². The first-order valence-electron chi connectivity index (χ1n) is 13.8. The number of halogens is 2. The van der Waals surface area contributed by atoms with Crippen molar-refractivity contribution in [3.8, 4) is 5.69 Å². The number of carbonyl (C=O) groups excluding carboxylic acids is 1. The summed E-state index contributed by atoms with van der Waals surface area (Å²) in [5.41, 5.74) is 8.16. The van der Waals surface area contributed by atoms with E-state index in [4.69, 9.17) is 16.7 Å². The molecule has 5 nitrogen and oxygen atoms in total. The second-order valence-electron chi connectivity index (χ2n) is 10.8. The Morgan fingerprint density at radius 3 is 2.55 bits per heavy atom. The zero-order chi connectivity index (χ0) is 27.8. The van der Waals surface area contributed by atoms with E-state index in [-0.39, 0.29) is 23.8 Å². The van der Waals surface area contributed by atoms with Crippen LogP contribution in [0.25, 0.3) is 5.69 Å². The van der Waals surface area contributed by atoms with Crippen LogP contribution in [0.15, 0.2) is 96.2 Å². The Balaban J connectivity index is 1.24. The van der Waals surface area contributed by atoms with Crippen molar-refractivity contribution >= 4 is 23.3 Å². The number of urea groups is 1. The number of nitrogens with zero attached hydrogens (tertiary/aromatic N) is 3. The normalized spacial score (nSPS) is 18.7. The predicted molar refractivity (Wildman–Crippen MR) is 158 cm³/mol. The van der Waals surface area contributed by atoms with Gasteiger partial charge in [-0.05, 0) is 79.3 Å². The minimum absolute atomic E-state index is 0.129. The Morgan fingerprint density at radius 1 is 1.10 bits per heavy atom. The average Bonchev–Trinajstić information content (AvgIpc) is 3.58. The van der Waals surface area contributed by atoms with Crippen molar-refractivity contribution in [2.45, 2.75) is 44.6 Å². The lowest BCUT2D eigenvalue weighted by atomic mass is 9.78. The number of amides is 2. The molecule has 7 heteroatoms. The fraction of sp³-hybridized carbons (Fsp3) is 0.273. The van der Waals surface area contributed by atoms with Gasteiger partial charge >= 0.3 is 6.03 Å². The molecule has 3 atom stereocenters. The molecule has 2 aliphatic carbocycles. The third kappa shape index (κ3) is 5.04. The molecule has 0 radical (unpaired) electrons. The molecule has 0 saturated heterocycles. The van der Waals surface area contributed by atoms with E-state index in [0.717, 1.165) is 42.6 Å². The number of fused-ring (bicyclic) bond motifs is 1. The van der Waals surface area contributed by atoms with Crippen LogP contribution in [0.2, 0.25) is 5.02 Å². The summed E-state index contributed by atoms with van der Waals surface area (Å²) in [7, 11) is 1.78. The minimum Gasteiger partial charge on any atom is -0.331 e. The Labute approximate surface area is 239 Å². The predicted octanol–water partition coefficient (Wildman–Crippen LogP) is 8.01. The molecule has 204 valence electrons. The molecule has 40 heavy (non-hydrogen) atoms. The second kappa shape index (κ2) is 10.9. The Hall–Kier alpha value is -3.90. The Morgan fingerprint density at radius 2 is 1.82 bits per heavy atom. The molecule has 0 fully saturated rings. The molecule has 1 N–H and O–H groups in total. The molecule has 2 aliphatic rings. The van der Waals surface area contributed by atoms with Crippen LogP contribution in [0.1, 0.15) is 55.0 Å². The van der Waals surface area contributed by atoms with Crippen LogP contribution in [-0.4, -0.2) is 22.9 Å². The summed E-state index contributed by atoms with van der Waals surface area (Å²) in [4.78, 5) is 15.0. The maximum atomic E-state index is 13.5. The molecule has 4 aromatic rings. The highest BCUT2D eigenvalue weighted by Crippen LogP contribution is 2.49. The highest BCUT2D eigenvalue weighted by atomic mass is 35.5. The third-order valence-corrected chi connectivity index (χ3v) is 8.72. The van der Waals surface area contributed by atoms with E-state index in [1.165, 1.54) is 34.5 Å². The Bertz CT molecular complexity index is 1550. The maximum absolute atomic E-state index is 13.5. The number of allylic oxidation sites excluding steroid dienone is 2. The smallest absolute Gasteiger partial charge is 0.322 e. The molecule has 6 rings (SSSR count). The fourth-order valence-electron chi connectivity index (χ4n) is 6.41. The molecule has 0 spiro atoms. The van der Waals surface area contributed by atoms with E-state index >= 15 is 0 Å². The third-order valence-electron chi connectivity index (χ3n) is 8.47. The van der Waals surface area contributed by atoms with Gasteiger partial charge in [-0.2, -0.15) is 5.10 Å². The van der Waals surface area contributed by atoms with Crippen molar-refractivity contribution in [3.05, 3.63) is 124 Å². The molecular weight excluding hydrogens is 523 g/mol. The molecule has 0 saturated carbocycles. The van der Waals surface area contributed by atoms with Gasteiger partial charge in [0.2, 0.25) is 0 Å². The largest absolute Gasteiger partial charge is 0.331 e. The van der Waals surface area contributed by atoms with Crippen LogP contribution in [-0.2, 0) is 6.42 Å². The van der Waals surface area contributed by atoms with E-state index < -0.39 is 0 Å². The number of hydrogen-bond acceptors (Lipinski definition) is 2. The van der Waals surface area contributed by atoms with Crippen molar-refractivity contribution in [2.75, 3.05) is 11.9 Å². The minimum atomic E-state index is -0.249. The fourth-order valence-corrected chi connectivity index (χ4v) is 6.53. The summed E-state index contributed by atoms with van der Waals surface area (Å²) in [5.74, 6) is 0.351. The average molecular weight is 555 g/mol. The number of rotatable bonds is 6. The van der Waals surface area contributed by atoms with Crippen molar-refractivity contribution in [3.63, 3.8) is 0 Å². The van der Waals surface area contributed by atoms with Crippen LogP contribution < -0.4 is 10.2 Å². The SMILES string of the molecule is C[C@@H]1C2=C(CC[C@@H]2CC(NC(=O)N(C)c2ccc(Cl)cc2)c2ccccc2)Cc2c1cnn2-c1ccc(F)cc1. The topological polar surface area (TPSA) is 50.2 Å². The summed E-state index contributed by atoms with van der Waals surface area (Å²) in [6.07, 6.45) is 5.76.